The van der Waals surface area contributed by atoms with Gasteiger partial charge in [0, 0.05) is 17.4 Å². The number of aromatic amines is 2. The van der Waals surface area contributed by atoms with Crippen LogP contribution in [0.1, 0.15) is 50.2 Å². The number of para-hydroxylation sites is 1. The number of alkyl carbamates (subject to hydrolysis) is 1. The number of nitrogens with zero attached hydrogens (tertiary/aromatic N) is 2. The lowest BCUT2D eigenvalue weighted by Gasteiger charge is -2.28. The second kappa shape index (κ2) is 11.7. The number of imidazole rings is 1. The number of aromatic nitrogens is 3. The Bertz CT molecular complexity index is 1710. The van der Waals surface area contributed by atoms with E-state index in [-0.39, 0.29) is 18.1 Å². The van der Waals surface area contributed by atoms with E-state index in [0.717, 1.165) is 52.1 Å². The lowest BCUT2D eigenvalue weighted by atomic mass is 10.0. The van der Waals surface area contributed by atoms with Crippen LogP contribution in [-0.4, -0.2) is 44.5 Å². The average Bonchev–Trinajstić information content (AvgIpc) is 3.75. The minimum absolute atomic E-state index is 0.193. The maximum Gasteiger partial charge on any atom is 0.408 e. The first-order valence-corrected chi connectivity index (χ1v) is 14.5. The topological polar surface area (TPSA) is 103 Å². The van der Waals surface area contributed by atoms with E-state index in [1.807, 2.05) is 78.9 Å². The summed E-state index contributed by atoms with van der Waals surface area (Å²) in [5, 5.41) is 4.48. The molecule has 0 radical (unpaired) electrons. The molecule has 5 aromatic rings. The molecule has 0 aliphatic carbocycles. The van der Waals surface area contributed by atoms with Crippen molar-refractivity contribution >= 4 is 34.5 Å². The van der Waals surface area contributed by atoms with Crippen molar-refractivity contribution in [2.45, 2.75) is 44.9 Å². The molecular weight excluding hydrogens is 550 g/mol. The molecule has 0 unspecified atom stereocenters. The van der Waals surface area contributed by atoms with Crippen LogP contribution in [0.25, 0.3) is 33.4 Å². The number of carbonyl (C=O) groups excluding carboxylic acids is 2. The van der Waals surface area contributed by atoms with Gasteiger partial charge in [0.15, 0.2) is 0 Å². The second-order valence-electron chi connectivity index (χ2n) is 10.8. The summed E-state index contributed by atoms with van der Waals surface area (Å²) in [5.41, 5.74) is 5.40. The van der Waals surface area contributed by atoms with Crippen molar-refractivity contribution < 1.29 is 14.3 Å². The van der Waals surface area contributed by atoms with E-state index >= 15 is 0 Å². The molecule has 1 fully saturated rings. The number of benzene rings is 3. The second-order valence-corrected chi connectivity index (χ2v) is 11.1. The molecule has 9 heteroatoms. The van der Waals surface area contributed by atoms with Gasteiger partial charge in [-0.25, -0.2) is 9.78 Å². The molecule has 214 valence electrons. The highest BCUT2D eigenvalue weighted by Gasteiger charge is 2.37. The van der Waals surface area contributed by atoms with Crippen molar-refractivity contribution in [3.05, 3.63) is 101 Å². The Balaban J connectivity index is 1.22. The first-order valence-electron chi connectivity index (χ1n) is 14.1. The predicted molar refractivity (Wildman–Crippen MR) is 164 cm³/mol. The van der Waals surface area contributed by atoms with Crippen molar-refractivity contribution in [1.82, 2.24) is 25.2 Å². The van der Waals surface area contributed by atoms with E-state index in [9.17, 15) is 9.59 Å². The molecule has 0 saturated carbocycles. The molecule has 3 heterocycles. The van der Waals surface area contributed by atoms with Crippen LogP contribution in [0.2, 0.25) is 5.02 Å². The molecule has 0 spiro atoms. The Morgan fingerprint density at radius 1 is 0.976 bits per heavy atom. The number of carbonyl (C=O) groups is 2. The van der Waals surface area contributed by atoms with E-state index < -0.39 is 12.1 Å². The van der Waals surface area contributed by atoms with Crippen molar-refractivity contribution in [3.63, 3.8) is 0 Å². The minimum atomic E-state index is -0.864. The summed E-state index contributed by atoms with van der Waals surface area (Å²) in [6, 6.07) is 24.2. The smallest absolute Gasteiger partial charge is 0.408 e. The van der Waals surface area contributed by atoms with Gasteiger partial charge in [-0.1, -0.05) is 84.4 Å². The Morgan fingerprint density at radius 2 is 1.69 bits per heavy atom. The first kappa shape index (κ1) is 27.6. The molecular formula is C33H32ClN5O3. The predicted octanol–water partition coefficient (Wildman–Crippen LogP) is 7.42. The number of H-pyrrole nitrogens is 2. The number of ether oxygens (including phenoxy) is 1. The summed E-state index contributed by atoms with van der Waals surface area (Å²) in [6.07, 6.45) is 2.49. The van der Waals surface area contributed by atoms with E-state index in [2.05, 4.69) is 20.3 Å². The van der Waals surface area contributed by atoms with Crippen LogP contribution in [0.4, 0.5) is 4.79 Å². The number of hydrogen-bond acceptors (Lipinski definition) is 4. The lowest BCUT2D eigenvalue weighted by molar-refractivity contribution is -0.134. The third kappa shape index (κ3) is 5.50. The summed E-state index contributed by atoms with van der Waals surface area (Å²) in [5.74, 6) is 0.525. The maximum absolute atomic E-state index is 13.9. The van der Waals surface area contributed by atoms with Crippen LogP contribution in [0.3, 0.4) is 0 Å². The molecule has 2 amide bonds. The summed E-state index contributed by atoms with van der Waals surface area (Å²) in [4.78, 5) is 39.7. The van der Waals surface area contributed by atoms with Crippen LogP contribution in [0, 0.1) is 0 Å². The minimum Gasteiger partial charge on any atom is -0.447 e. The third-order valence-electron chi connectivity index (χ3n) is 7.56. The zero-order chi connectivity index (χ0) is 29.2. The standard InChI is InChI=1S/C33H32ClN5O3/c1-20(2)42-33(41)38-30(22-9-4-3-5-10-22)32(40)39-18-8-13-27(39)31-35-19-26(37-31)21-14-16-23(17-15-21)29-28(34)24-11-6-7-12-25(24)36-29/h3-7,9-12,14-17,19-20,27,30,36H,8,13,18H2,1-2H3,(H,35,37)(H,38,41)/t27-,30+/m0/s1. The number of amides is 2. The SMILES string of the molecule is CC(C)OC(=O)N[C@@H](C(=O)N1CCC[C@H]1c1ncc(-c2ccc(-c3[nH]c4ccccc4c3Cl)cc2)[nH]1)c1ccccc1. The molecule has 3 N–H and O–H groups in total. The normalized spacial score (nSPS) is 15.7. The Morgan fingerprint density at radius 3 is 2.43 bits per heavy atom. The van der Waals surface area contributed by atoms with Crippen LogP contribution in [-0.2, 0) is 9.53 Å². The zero-order valence-electron chi connectivity index (χ0n) is 23.4. The molecule has 42 heavy (non-hydrogen) atoms. The quantitative estimate of drug-likeness (QED) is 0.186. The summed E-state index contributed by atoms with van der Waals surface area (Å²) < 4.78 is 5.29. The van der Waals surface area contributed by atoms with E-state index in [1.165, 1.54) is 0 Å². The molecule has 2 aromatic heterocycles. The highest BCUT2D eigenvalue weighted by molar-refractivity contribution is 6.38. The van der Waals surface area contributed by atoms with Gasteiger partial charge in [-0.05, 0) is 49.4 Å². The average molecular weight is 582 g/mol. The Labute approximate surface area is 249 Å². The Hall–Kier alpha value is -4.56. The molecule has 1 aliphatic rings. The van der Waals surface area contributed by atoms with Crippen molar-refractivity contribution in [3.8, 4) is 22.5 Å². The fourth-order valence-corrected chi connectivity index (χ4v) is 5.88. The molecule has 2 atom stereocenters. The van der Waals surface area contributed by atoms with Gasteiger partial charge in [0.1, 0.15) is 11.9 Å². The summed E-state index contributed by atoms with van der Waals surface area (Å²) in [7, 11) is 0. The molecule has 0 bridgehead atoms. The van der Waals surface area contributed by atoms with E-state index in [1.54, 1.807) is 24.9 Å². The van der Waals surface area contributed by atoms with Gasteiger partial charge >= 0.3 is 6.09 Å². The van der Waals surface area contributed by atoms with Crippen LogP contribution >= 0.6 is 11.6 Å². The zero-order valence-corrected chi connectivity index (χ0v) is 24.2. The Kier molecular flexibility index (Phi) is 7.71. The van der Waals surface area contributed by atoms with Crippen molar-refractivity contribution in [2.24, 2.45) is 0 Å². The van der Waals surface area contributed by atoms with Crippen LogP contribution < -0.4 is 5.32 Å². The summed E-state index contributed by atoms with van der Waals surface area (Å²) in [6.45, 7) is 4.12. The van der Waals surface area contributed by atoms with E-state index in [4.69, 9.17) is 16.3 Å². The first-order chi connectivity index (χ1) is 20.4. The van der Waals surface area contributed by atoms with Gasteiger partial charge in [-0.2, -0.15) is 0 Å². The number of rotatable bonds is 7. The number of halogens is 1. The van der Waals surface area contributed by atoms with Crippen LogP contribution in [0.15, 0.2) is 85.1 Å². The largest absolute Gasteiger partial charge is 0.447 e. The van der Waals surface area contributed by atoms with Crippen molar-refractivity contribution in [1.29, 1.82) is 0 Å². The number of likely N-dealkylation sites (tertiary alicyclic amines) is 1. The molecule has 1 saturated heterocycles. The van der Waals surface area contributed by atoms with Gasteiger partial charge < -0.3 is 24.9 Å². The highest BCUT2D eigenvalue weighted by Crippen LogP contribution is 2.36. The molecule has 6 rings (SSSR count). The highest BCUT2D eigenvalue weighted by atomic mass is 35.5. The van der Waals surface area contributed by atoms with Gasteiger partial charge in [0.2, 0.25) is 0 Å². The number of hydrogen-bond donors (Lipinski definition) is 3. The van der Waals surface area contributed by atoms with Gasteiger partial charge in [0.25, 0.3) is 5.91 Å². The fraction of sp³-hybridized carbons (Fsp3) is 0.242. The monoisotopic (exact) mass is 581 g/mol. The fourth-order valence-electron chi connectivity index (χ4n) is 5.56. The number of nitrogens with one attached hydrogen (secondary N) is 3. The van der Waals surface area contributed by atoms with E-state index in [0.29, 0.717) is 17.1 Å². The van der Waals surface area contributed by atoms with Gasteiger partial charge in [-0.15, -0.1) is 0 Å². The molecule has 1 aliphatic heterocycles. The lowest BCUT2D eigenvalue weighted by Crippen LogP contribution is -2.43. The number of fused-ring (bicyclic) bond motifs is 1. The van der Waals surface area contributed by atoms with Crippen LogP contribution in [0.5, 0.6) is 0 Å². The third-order valence-corrected chi connectivity index (χ3v) is 7.95. The van der Waals surface area contributed by atoms with Crippen molar-refractivity contribution in [2.75, 3.05) is 6.54 Å². The molecule has 3 aromatic carbocycles. The molecule has 8 nitrogen and oxygen atoms in total. The summed E-state index contributed by atoms with van der Waals surface area (Å²) >= 11 is 6.67. The maximum atomic E-state index is 13.9. The van der Waals surface area contributed by atoms with Gasteiger partial charge in [-0.3, -0.25) is 4.79 Å². The van der Waals surface area contributed by atoms with Gasteiger partial charge in [0.05, 0.1) is 34.8 Å².